The summed E-state index contributed by atoms with van der Waals surface area (Å²) < 4.78 is 2.11. The number of aryl methyl sites for hydroxylation is 1. The average molecular weight is 508 g/mol. The van der Waals surface area contributed by atoms with Crippen molar-refractivity contribution in [3.8, 4) is 0 Å². The Kier molecular flexibility index (Phi) is 7.07. The molecular formula is C27H32ClN6O2+. The summed E-state index contributed by atoms with van der Waals surface area (Å²) >= 11 is 6.19. The quantitative estimate of drug-likeness (QED) is 0.541. The number of aliphatic imine (C=N–C) groups is 1. The number of amides is 3. The highest BCUT2D eigenvalue weighted by atomic mass is 35.5. The van der Waals surface area contributed by atoms with Gasteiger partial charge < -0.3 is 4.90 Å². The number of nitrogens with zero attached hydrogens (tertiary/aromatic N) is 6. The molecule has 2 fully saturated rings. The number of anilines is 1. The molecule has 3 aliphatic heterocycles. The number of rotatable bonds is 7. The molecule has 5 rings (SSSR count). The van der Waals surface area contributed by atoms with E-state index < -0.39 is 6.04 Å². The van der Waals surface area contributed by atoms with Crippen molar-refractivity contribution in [3.63, 3.8) is 0 Å². The zero-order valence-electron chi connectivity index (χ0n) is 20.8. The van der Waals surface area contributed by atoms with Gasteiger partial charge in [0.25, 0.3) is 17.8 Å². The first kappa shape index (κ1) is 24.5. The third-order valence-corrected chi connectivity index (χ3v) is 7.47. The third kappa shape index (κ3) is 4.88. The van der Waals surface area contributed by atoms with Crippen LogP contribution in [0.1, 0.15) is 12.0 Å². The summed E-state index contributed by atoms with van der Waals surface area (Å²) in [7, 11) is 3.25. The molecule has 0 N–H and O–H groups in total. The molecule has 3 aliphatic rings. The van der Waals surface area contributed by atoms with Gasteiger partial charge in [0.2, 0.25) is 0 Å². The van der Waals surface area contributed by atoms with Gasteiger partial charge in [-0.25, -0.2) is 9.37 Å². The number of likely N-dealkylation sites (N-methyl/N-ethyl adjacent to an activating group) is 2. The minimum atomic E-state index is -0.545. The van der Waals surface area contributed by atoms with Gasteiger partial charge in [0.15, 0.2) is 0 Å². The summed E-state index contributed by atoms with van der Waals surface area (Å²) in [6.07, 6.45) is 1.81. The predicted octanol–water partition coefficient (Wildman–Crippen LogP) is 2.81. The fourth-order valence-corrected chi connectivity index (χ4v) is 5.35. The molecule has 0 aromatic heterocycles. The predicted molar refractivity (Wildman–Crippen MR) is 142 cm³/mol. The van der Waals surface area contributed by atoms with E-state index in [0.29, 0.717) is 18.9 Å². The van der Waals surface area contributed by atoms with Crippen molar-refractivity contribution in [2.75, 3.05) is 58.3 Å². The molecule has 0 aliphatic carbocycles. The van der Waals surface area contributed by atoms with Crippen molar-refractivity contribution in [1.29, 1.82) is 0 Å². The molecule has 36 heavy (non-hydrogen) atoms. The van der Waals surface area contributed by atoms with Crippen LogP contribution in [0.4, 0.5) is 10.5 Å². The maximum atomic E-state index is 13.2. The van der Waals surface area contributed by atoms with Gasteiger partial charge in [0.05, 0.1) is 6.54 Å². The van der Waals surface area contributed by atoms with Gasteiger partial charge in [0, 0.05) is 51.0 Å². The number of carbonyl (C=O) groups excluding carboxylic acids is 2. The molecule has 2 aromatic rings. The number of amidine groups is 2. The second-order valence-corrected chi connectivity index (χ2v) is 9.99. The monoisotopic (exact) mass is 507 g/mol. The van der Waals surface area contributed by atoms with Crippen LogP contribution in [0.2, 0.25) is 5.02 Å². The molecule has 188 valence electrons. The number of carbonyl (C=O) groups is 2. The molecule has 0 saturated carbocycles. The lowest BCUT2D eigenvalue weighted by molar-refractivity contribution is -0.536. The van der Waals surface area contributed by atoms with Crippen LogP contribution in [0, 0.1) is 0 Å². The molecule has 0 radical (unpaired) electrons. The van der Waals surface area contributed by atoms with Crippen molar-refractivity contribution in [1.82, 2.24) is 14.7 Å². The largest absolute Gasteiger partial charge is 0.369 e. The fraction of sp³-hybridized carbons (Fsp3) is 0.407. The highest BCUT2D eigenvalue weighted by Gasteiger charge is 2.52. The Hall–Kier alpha value is -3.23. The molecule has 2 aromatic carbocycles. The molecule has 1 atom stereocenters. The normalized spacial score (nSPS) is 20.8. The number of hydrogen-bond acceptors (Lipinski definition) is 5. The van der Waals surface area contributed by atoms with E-state index in [2.05, 4.69) is 32.6 Å². The van der Waals surface area contributed by atoms with Gasteiger partial charge in [0.1, 0.15) is 6.54 Å². The first-order valence-electron chi connectivity index (χ1n) is 12.5. The van der Waals surface area contributed by atoms with Gasteiger partial charge >= 0.3 is 11.9 Å². The van der Waals surface area contributed by atoms with Crippen LogP contribution >= 0.6 is 11.6 Å². The van der Waals surface area contributed by atoms with Gasteiger partial charge in [-0.2, -0.15) is 0 Å². The van der Waals surface area contributed by atoms with E-state index in [0.717, 1.165) is 55.6 Å². The fourth-order valence-electron chi connectivity index (χ4n) is 5.17. The number of benzene rings is 2. The minimum Gasteiger partial charge on any atom is -0.369 e. The molecule has 1 unspecified atom stereocenters. The van der Waals surface area contributed by atoms with Gasteiger partial charge in [-0.3, -0.25) is 19.5 Å². The molecule has 2 saturated heterocycles. The zero-order chi connectivity index (χ0) is 25.2. The lowest BCUT2D eigenvalue weighted by atomic mass is 10.1. The number of urea groups is 1. The standard InChI is InChI=1S/C27H32ClN6O2/c1-30-25-24(26(35)31(2)27(30)36)34(13-7-10-20-8-4-3-5-9-20)23(29-25)19-32-14-16-33(17-15-32)22-12-6-11-21(28)18-22/h3-6,8-9,11-12,18,24H,7,10,13-17,19H2,1-2H3/q+1. The summed E-state index contributed by atoms with van der Waals surface area (Å²) in [4.78, 5) is 38.1. The van der Waals surface area contributed by atoms with E-state index in [4.69, 9.17) is 16.6 Å². The van der Waals surface area contributed by atoms with Crippen LogP contribution in [0.15, 0.2) is 59.6 Å². The molecule has 3 amide bonds. The Balaban J connectivity index is 1.32. The zero-order valence-corrected chi connectivity index (χ0v) is 21.6. The van der Waals surface area contributed by atoms with Gasteiger partial charge in [-0.1, -0.05) is 48.0 Å². The SMILES string of the molecule is CN1C(=O)C2C(=NC(CN3CCN(c4cccc(Cl)c4)CC3)=[N+]2CCCc2ccccc2)N(C)C1=O. The Morgan fingerprint density at radius 1 is 0.972 bits per heavy atom. The number of hydrogen-bond donors (Lipinski definition) is 0. The molecule has 3 heterocycles. The van der Waals surface area contributed by atoms with Crippen LogP contribution in [-0.4, -0.2) is 102 Å². The Morgan fingerprint density at radius 3 is 2.44 bits per heavy atom. The van der Waals surface area contributed by atoms with Crippen LogP contribution in [0.25, 0.3) is 0 Å². The lowest BCUT2D eigenvalue weighted by Crippen LogP contribution is -2.61. The maximum Gasteiger partial charge on any atom is 0.333 e. The van der Waals surface area contributed by atoms with E-state index in [1.54, 1.807) is 14.1 Å². The molecule has 0 spiro atoms. The smallest absolute Gasteiger partial charge is 0.333 e. The second kappa shape index (κ2) is 10.4. The Morgan fingerprint density at radius 2 is 1.72 bits per heavy atom. The molecular weight excluding hydrogens is 476 g/mol. The van der Waals surface area contributed by atoms with Crippen molar-refractivity contribution in [3.05, 3.63) is 65.2 Å². The third-order valence-electron chi connectivity index (χ3n) is 7.23. The van der Waals surface area contributed by atoms with Crippen molar-refractivity contribution in [2.24, 2.45) is 4.99 Å². The van der Waals surface area contributed by atoms with Crippen molar-refractivity contribution >= 4 is 40.9 Å². The van der Waals surface area contributed by atoms with Crippen LogP contribution in [0.3, 0.4) is 0 Å². The minimum absolute atomic E-state index is 0.211. The summed E-state index contributed by atoms with van der Waals surface area (Å²) in [6.45, 7) is 4.89. The highest BCUT2D eigenvalue weighted by Crippen LogP contribution is 2.22. The highest BCUT2D eigenvalue weighted by molar-refractivity contribution is 6.30. The first-order chi connectivity index (χ1) is 17.4. The Bertz CT molecular complexity index is 1210. The maximum absolute atomic E-state index is 13.2. The number of halogens is 1. The summed E-state index contributed by atoms with van der Waals surface area (Å²) in [6, 6.07) is 17.5. The van der Waals surface area contributed by atoms with E-state index in [1.165, 1.54) is 15.4 Å². The number of imide groups is 1. The molecule has 0 bridgehead atoms. The number of fused-ring (bicyclic) bond motifs is 1. The molecule has 8 nitrogen and oxygen atoms in total. The van der Waals surface area contributed by atoms with E-state index in [9.17, 15) is 9.59 Å². The summed E-state index contributed by atoms with van der Waals surface area (Å²) in [5, 5.41) is 0.745. The van der Waals surface area contributed by atoms with Crippen LogP contribution < -0.4 is 4.90 Å². The average Bonchev–Trinajstić information content (AvgIpc) is 3.25. The number of piperazine rings is 1. The first-order valence-corrected chi connectivity index (χ1v) is 12.8. The molecule has 9 heteroatoms. The second-order valence-electron chi connectivity index (χ2n) is 9.55. The van der Waals surface area contributed by atoms with Crippen LogP contribution in [0.5, 0.6) is 0 Å². The summed E-state index contributed by atoms with van der Waals surface area (Å²) in [5.41, 5.74) is 2.41. The van der Waals surface area contributed by atoms with Crippen molar-refractivity contribution in [2.45, 2.75) is 18.9 Å². The summed E-state index contributed by atoms with van der Waals surface area (Å²) in [5.74, 6) is 1.19. The van der Waals surface area contributed by atoms with Crippen LogP contribution in [-0.2, 0) is 11.2 Å². The van der Waals surface area contributed by atoms with Gasteiger partial charge in [-0.15, -0.1) is 0 Å². The van der Waals surface area contributed by atoms with E-state index >= 15 is 0 Å². The van der Waals surface area contributed by atoms with E-state index in [-0.39, 0.29) is 11.9 Å². The lowest BCUT2D eigenvalue weighted by Gasteiger charge is -2.35. The Labute approximate surface area is 217 Å². The van der Waals surface area contributed by atoms with Crippen molar-refractivity contribution < 1.29 is 14.2 Å². The van der Waals surface area contributed by atoms with Gasteiger partial charge in [-0.05, 0) is 41.6 Å². The topological polar surface area (TPSA) is 62.5 Å². The van der Waals surface area contributed by atoms with E-state index in [1.807, 2.05) is 36.4 Å².